The van der Waals surface area contributed by atoms with Crippen LogP contribution in [0.3, 0.4) is 0 Å². The maximum atomic E-state index is 9.26. The van der Waals surface area contributed by atoms with Crippen molar-refractivity contribution in [1.82, 2.24) is 0 Å². The maximum absolute atomic E-state index is 9.26. The van der Waals surface area contributed by atoms with Gasteiger partial charge in [-0.25, -0.2) is 0 Å². The van der Waals surface area contributed by atoms with Crippen LogP contribution in [0.1, 0.15) is 5.56 Å². The lowest BCUT2D eigenvalue weighted by atomic mass is 10.2. The van der Waals surface area contributed by atoms with Crippen molar-refractivity contribution in [3.05, 3.63) is 35.9 Å². The number of hydrogen-bond donors (Lipinski definition) is 3. The van der Waals surface area contributed by atoms with Crippen molar-refractivity contribution < 1.29 is 20.1 Å². The Labute approximate surface area is 88.8 Å². The Hall–Kier alpha value is -0.940. The summed E-state index contributed by atoms with van der Waals surface area (Å²) < 4.78 is 5.18. The lowest BCUT2D eigenvalue weighted by molar-refractivity contribution is -0.0600. The number of benzene rings is 1. The molecule has 84 valence electrons. The molecule has 15 heavy (non-hydrogen) atoms. The van der Waals surface area contributed by atoms with Gasteiger partial charge < -0.3 is 20.1 Å². The van der Waals surface area contributed by atoms with Crippen molar-refractivity contribution in [3.63, 3.8) is 0 Å². The number of ether oxygens (including phenoxy) is 1. The molecular weight excluding hydrogens is 196 g/mol. The zero-order valence-corrected chi connectivity index (χ0v) is 8.41. The molecule has 0 heterocycles. The summed E-state index contributed by atoms with van der Waals surface area (Å²) in [6, 6.07) is 9.53. The Balaban J connectivity index is 2.22. The lowest BCUT2D eigenvalue weighted by Gasteiger charge is -2.15. The Bertz CT molecular complexity index is 263. The summed E-state index contributed by atoms with van der Waals surface area (Å²) in [6.07, 6.45) is -2.18. The third kappa shape index (κ3) is 4.40. The van der Waals surface area contributed by atoms with Crippen molar-refractivity contribution in [2.24, 2.45) is 0 Å². The summed E-state index contributed by atoms with van der Waals surface area (Å²) in [7, 11) is 0. The van der Waals surface area contributed by atoms with E-state index in [0.29, 0.717) is 6.61 Å². The minimum atomic E-state index is -1.14. The number of aliphatic hydroxyl groups is 3. The van der Waals surface area contributed by atoms with E-state index in [1.54, 1.807) is 0 Å². The van der Waals surface area contributed by atoms with E-state index in [9.17, 15) is 5.11 Å². The Morgan fingerprint density at radius 1 is 1.07 bits per heavy atom. The minimum Gasteiger partial charge on any atom is -0.394 e. The minimum absolute atomic E-state index is 0.0105. The Morgan fingerprint density at radius 2 is 1.73 bits per heavy atom. The number of rotatable bonds is 6. The van der Waals surface area contributed by atoms with Crippen molar-refractivity contribution in [1.29, 1.82) is 0 Å². The third-order valence-corrected chi connectivity index (χ3v) is 2.03. The van der Waals surface area contributed by atoms with Crippen LogP contribution in [0.25, 0.3) is 0 Å². The van der Waals surface area contributed by atoms with E-state index < -0.39 is 18.8 Å². The van der Waals surface area contributed by atoms with Crippen molar-refractivity contribution >= 4 is 0 Å². The van der Waals surface area contributed by atoms with Gasteiger partial charge in [0, 0.05) is 0 Å². The summed E-state index contributed by atoms with van der Waals surface area (Å²) in [5.74, 6) is 0. The monoisotopic (exact) mass is 212 g/mol. The highest BCUT2D eigenvalue weighted by Crippen LogP contribution is 2.02. The van der Waals surface area contributed by atoms with Crippen molar-refractivity contribution in [2.75, 3.05) is 13.2 Å². The van der Waals surface area contributed by atoms with Gasteiger partial charge in [-0.2, -0.15) is 0 Å². The van der Waals surface area contributed by atoms with Crippen molar-refractivity contribution in [3.8, 4) is 0 Å². The fraction of sp³-hybridized carbons (Fsp3) is 0.455. The van der Waals surface area contributed by atoms with Gasteiger partial charge in [0.1, 0.15) is 12.2 Å². The van der Waals surface area contributed by atoms with Gasteiger partial charge in [0.25, 0.3) is 0 Å². The molecule has 0 spiro atoms. The van der Waals surface area contributed by atoms with E-state index in [-0.39, 0.29) is 6.61 Å². The van der Waals surface area contributed by atoms with E-state index in [4.69, 9.17) is 14.9 Å². The van der Waals surface area contributed by atoms with Crippen molar-refractivity contribution in [2.45, 2.75) is 18.8 Å². The van der Waals surface area contributed by atoms with E-state index in [2.05, 4.69) is 0 Å². The highest BCUT2D eigenvalue weighted by atomic mass is 16.5. The first-order valence-corrected chi connectivity index (χ1v) is 4.82. The summed E-state index contributed by atoms with van der Waals surface area (Å²) in [5.41, 5.74) is 1.00. The average Bonchev–Trinajstić information content (AvgIpc) is 2.29. The fourth-order valence-electron chi connectivity index (χ4n) is 1.10. The molecule has 2 unspecified atom stereocenters. The van der Waals surface area contributed by atoms with Gasteiger partial charge in [0.05, 0.1) is 19.8 Å². The predicted octanol–water partition coefficient (Wildman–Crippen LogP) is -0.0827. The quantitative estimate of drug-likeness (QED) is 0.616. The standard InChI is InChI=1S/C11H16O4/c12-6-10(13)11(14)8-15-7-9-4-2-1-3-5-9/h1-5,10-14H,6-8H2. The van der Waals surface area contributed by atoms with Gasteiger partial charge >= 0.3 is 0 Å². The van der Waals surface area contributed by atoms with E-state index >= 15 is 0 Å². The summed E-state index contributed by atoms with van der Waals surface area (Å²) in [6.45, 7) is -0.0669. The van der Waals surface area contributed by atoms with E-state index in [0.717, 1.165) is 5.56 Å². The van der Waals surface area contributed by atoms with Crippen LogP contribution in [0.4, 0.5) is 0 Å². The first-order valence-electron chi connectivity index (χ1n) is 4.82. The van der Waals surface area contributed by atoms with Crippen LogP contribution >= 0.6 is 0 Å². The number of aliphatic hydroxyl groups excluding tert-OH is 3. The van der Waals surface area contributed by atoms with Gasteiger partial charge in [-0.15, -0.1) is 0 Å². The molecule has 2 atom stereocenters. The van der Waals surface area contributed by atoms with Crippen LogP contribution in [0.15, 0.2) is 30.3 Å². The molecule has 0 saturated carbocycles. The highest BCUT2D eigenvalue weighted by Gasteiger charge is 2.14. The molecule has 0 aliphatic rings. The molecule has 1 aromatic rings. The highest BCUT2D eigenvalue weighted by molar-refractivity contribution is 5.13. The van der Waals surface area contributed by atoms with Crippen LogP contribution in [-0.4, -0.2) is 40.7 Å². The molecule has 0 aliphatic heterocycles. The molecule has 3 N–H and O–H groups in total. The molecule has 0 aliphatic carbocycles. The maximum Gasteiger partial charge on any atom is 0.105 e. The van der Waals surface area contributed by atoms with Crippen LogP contribution < -0.4 is 0 Å². The molecular formula is C11H16O4. The molecule has 0 bridgehead atoms. The second-order valence-corrected chi connectivity index (χ2v) is 3.32. The van der Waals surface area contributed by atoms with Crippen LogP contribution in [0, 0.1) is 0 Å². The molecule has 0 radical (unpaired) electrons. The smallest absolute Gasteiger partial charge is 0.105 e. The molecule has 0 fully saturated rings. The summed E-state index contributed by atoms with van der Waals surface area (Å²) >= 11 is 0. The van der Waals surface area contributed by atoms with Crippen LogP contribution in [0.5, 0.6) is 0 Å². The van der Waals surface area contributed by atoms with Gasteiger partial charge in [0.2, 0.25) is 0 Å². The predicted molar refractivity (Wildman–Crippen MR) is 55.2 cm³/mol. The molecule has 4 nitrogen and oxygen atoms in total. The molecule has 0 amide bonds. The second-order valence-electron chi connectivity index (χ2n) is 3.32. The fourth-order valence-corrected chi connectivity index (χ4v) is 1.10. The summed E-state index contributed by atoms with van der Waals surface area (Å²) in [5, 5.41) is 26.9. The van der Waals surface area contributed by atoms with Crippen LogP contribution in [0.2, 0.25) is 0 Å². The van der Waals surface area contributed by atoms with Gasteiger partial charge in [-0.1, -0.05) is 30.3 Å². The third-order valence-electron chi connectivity index (χ3n) is 2.03. The average molecular weight is 212 g/mol. The van der Waals surface area contributed by atoms with E-state index in [1.165, 1.54) is 0 Å². The Kier molecular flexibility index (Phi) is 5.28. The van der Waals surface area contributed by atoms with Gasteiger partial charge in [-0.3, -0.25) is 0 Å². The Morgan fingerprint density at radius 3 is 2.33 bits per heavy atom. The number of hydrogen-bond acceptors (Lipinski definition) is 4. The first-order chi connectivity index (χ1) is 7.24. The van der Waals surface area contributed by atoms with E-state index in [1.807, 2.05) is 30.3 Å². The lowest BCUT2D eigenvalue weighted by Crippen LogP contribution is -2.33. The summed E-state index contributed by atoms with van der Waals surface area (Å²) in [4.78, 5) is 0. The molecule has 4 heteroatoms. The molecule has 0 saturated heterocycles. The molecule has 1 aromatic carbocycles. The van der Waals surface area contributed by atoms with Gasteiger partial charge in [-0.05, 0) is 5.56 Å². The topological polar surface area (TPSA) is 69.9 Å². The van der Waals surface area contributed by atoms with Gasteiger partial charge in [0.15, 0.2) is 0 Å². The zero-order chi connectivity index (χ0) is 11.1. The molecule has 1 rings (SSSR count). The molecule has 0 aromatic heterocycles. The first kappa shape index (κ1) is 12.1. The van der Waals surface area contributed by atoms with Crippen LogP contribution in [-0.2, 0) is 11.3 Å². The zero-order valence-electron chi connectivity index (χ0n) is 8.41. The SMILES string of the molecule is OCC(O)C(O)COCc1ccccc1. The second kappa shape index (κ2) is 6.53. The normalized spacial score (nSPS) is 14.9. The largest absolute Gasteiger partial charge is 0.394 e.